The van der Waals surface area contributed by atoms with E-state index in [0.717, 1.165) is 12.3 Å². The number of carbonyl (C=O) groups is 2. The van der Waals surface area contributed by atoms with Gasteiger partial charge in [-0.25, -0.2) is 9.59 Å². The molecule has 13 nitrogen and oxygen atoms in total. The topological polar surface area (TPSA) is 213 Å². The number of phenols is 2. The summed E-state index contributed by atoms with van der Waals surface area (Å²) < 4.78 is 21.6. The monoisotopic (exact) mass is 538 g/mol. The van der Waals surface area contributed by atoms with Gasteiger partial charge in [-0.3, -0.25) is 0 Å². The smallest absolute Gasteiger partial charge is 0.334 e. The Balaban J connectivity index is 1.65. The largest absolute Gasteiger partial charge is 0.504 e. The van der Waals surface area contributed by atoms with Gasteiger partial charge in [0, 0.05) is 17.9 Å². The number of phenolic OH excluding ortho intramolecular Hbond substituents is 2. The number of benzene rings is 1. The average molecular weight is 539 g/mol. The van der Waals surface area contributed by atoms with Crippen molar-refractivity contribution in [3.8, 4) is 11.5 Å². The van der Waals surface area contributed by atoms with Gasteiger partial charge in [-0.1, -0.05) is 12.1 Å². The SMILES string of the molecule is C=C[C@@H]1[C@H](O[C@H]2O[C@H](CO)[C@@H](O)[C@H](O)[C@H]2O)OC=C(C(=O)O)[C@H]1CCOC(=O)C=Cc1ccc(O)c(O)c1. The summed E-state index contributed by atoms with van der Waals surface area (Å²) in [5.41, 5.74) is 0.285. The van der Waals surface area contributed by atoms with Crippen molar-refractivity contribution in [1.82, 2.24) is 0 Å². The number of esters is 1. The van der Waals surface area contributed by atoms with Crippen LogP contribution in [-0.2, 0) is 28.5 Å². The Morgan fingerprint density at radius 3 is 2.42 bits per heavy atom. The Bertz CT molecular complexity index is 1070. The summed E-state index contributed by atoms with van der Waals surface area (Å²) in [5.74, 6) is -4.33. The molecule has 0 radical (unpaired) electrons. The van der Waals surface area contributed by atoms with E-state index in [2.05, 4.69) is 6.58 Å². The second-order valence-electron chi connectivity index (χ2n) is 8.67. The number of carbonyl (C=O) groups excluding carboxylic acids is 1. The fraction of sp³-hybridized carbons (Fsp3) is 0.440. The highest BCUT2D eigenvalue weighted by atomic mass is 16.8. The molecule has 1 saturated heterocycles. The molecule has 7 N–H and O–H groups in total. The summed E-state index contributed by atoms with van der Waals surface area (Å²) in [4.78, 5) is 23.9. The number of rotatable bonds is 10. The van der Waals surface area contributed by atoms with Gasteiger partial charge in [-0.15, -0.1) is 6.58 Å². The van der Waals surface area contributed by atoms with Gasteiger partial charge < -0.3 is 54.7 Å². The lowest BCUT2D eigenvalue weighted by Gasteiger charge is -2.43. The first-order valence-electron chi connectivity index (χ1n) is 11.6. The second kappa shape index (κ2) is 12.9. The van der Waals surface area contributed by atoms with Crippen LogP contribution >= 0.6 is 0 Å². The minimum absolute atomic E-state index is 0.0201. The number of hydrogen-bond acceptors (Lipinski definition) is 12. The number of aromatic hydroxyl groups is 2. The minimum atomic E-state index is -1.70. The Labute approximate surface area is 217 Å². The van der Waals surface area contributed by atoms with Gasteiger partial charge >= 0.3 is 11.9 Å². The third-order valence-electron chi connectivity index (χ3n) is 6.23. The van der Waals surface area contributed by atoms with Gasteiger partial charge in [0.25, 0.3) is 0 Å². The predicted molar refractivity (Wildman–Crippen MR) is 127 cm³/mol. The van der Waals surface area contributed by atoms with Crippen LogP contribution < -0.4 is 0 Å². The standard InChI is InChI=1S/C25H30O13/c1-2-13-14(7-8-35-19(29)6-4-12-3-5-16(27)17(28)9-12)15(23(33)34)11-36-24(13)38-25-22(32)21(31)20(30)18(10-26)37-25/h2-6,9,11,13-14,18,20-22,24-28,30-32H,1,7-8,10H2,(H,33,34)/t13-,14-,18+,20+,21-,22+,24-,25+/m0/s1. The summed E-state index contributed by atoms with van der Waals surface area (Å²) in [6, 6.07) is 3.97. The summed E-state index contributed by atoms with van der Waals surface area (Å²) >= 11 is 0. The summed E-state index contributed by atoms with van der Waals surface area (Å²) in [5, 5.41) is 68.1. The van der Waals surface area contributed by atoms with Gasteiger partial charge in [0.05, 0.1) is 25.0 Å². The molecule has 0 amide bonds. The molecule has 3 rings (SSSR count). The van der Waals surface area contributed by atoms with Gasteiger partial charge in [0.1, 0.15) is 24.4 Å². The summed E-state index contributed by atoms with van der Waals surface area (Å²) in [7, 11) is 0. The first-order chi connectivity index (χ1) is 18.1. The zero-order chi connectivity index (χ0) is 28.0. The first kappa shape index (κ1) is 29.1. The third kappa shape index (κ3) is 6.69. The van der Waals surface area contributed by atoms with Crippen LogP contribution in [0, 0.1) is 11.8 Å². The van der Waals surface area contributed by atoms with Crippen LogP contribution in [0.4, 0.5) is 0 Å². The Kier molecular flexibility index (Phi) is 9.85. The molecule has 13 heteroatoms. The summed E-state index contributed by atoms with van der Waals surface area (Å²) in [6.45, 7) is 2.83. The van der Waals surface area contributed by atoms with Gasteiger partial charge in [0.2, 0.25) is 6.29 Å². The molecule has 1 aromatic rings. The molecule has 1 aromatic carbocycles. The van der Waals surface area contributed by atoms with Crippen molar-refractivity contribution in [3.63, 3.8) is 0 Å². The molecule has 0 aromatic heterocycles. The predicted octanol–water partition coefficient (Wildman–Crippen LogP) is -0.396. The lowest BCUT2D eigenvalue weighted by Crippen LogP contribution is -2.60. The van der Waals surface area contributed by atoms with E-state index in [1.807, 2.05) is 0 Å². The molecular formula is C25H30O13. The van der Waals surface area contributed by atoms with Crippen LogP contribution in [0.5, 0.6) is 11.5 Å². The average Bonchev–Trinajstić information content (AvgIpc) is 2.89. The quantitative estimate of drug-likeness (QED) is 0.0876. The Hall–Kier alpha value is -3.46. The molecule has 2 aliphatic rings. The number of carboxylic acid groups (broad SMARTS) is 1. The molecule has 0 bridgehead atoms. The van der Waals surface area contributed by atoms with E-state index in [1.165, 1.54) is 30.4 Å². The molecule has 38 heavy (non-hydrogen) atoms. The number of hydrogen-bond donors (Lipinski definition) is 7. The molecular weight excluding hydrogens is 508 g/mol. The van der Waals surface area contributed by atoms with Crippen molar-refractivity contribution in [2.45, 2.75) is 43.4 Å². The highest BCUT2D eigenvalue weighted by Crippen LogP contribution is 2.36. The van der Waals surface area contributed by atoms with E-state index in [9.17, 15) is 45.3 Å². The fourth-order valence-corrected chi connectivity index (χ4v) is 4.13. The molecule has 2 aliphatic heterocycles. The zero-order valence-electron chi connectivity index (χ0n) is 20.1. The van der Waals surface area contributed by atoms with Crippen molar-refractivity contribution in [2.75, 3.05) is 13.2 Å². The third-order valence-corrected chi connectivity index (χ3v) is 6.23. The van der Waals surface area contributed by atoms with E-state index in [4.69, 9.17) is 18.9 Å². The number of aliphatic hydroxyl groups excluding tert-OH is 4. The lowest BCUT2D eigenvalue weighted by molar-refractivity contribution is -0.339. The molecule has 8 atom stereocenters. The molecule has 0 spiro atoms. The van der Waals surface area contributed by atoms with Crippen molar-refractivity contribution in [3.05, 3.63) is 54.3 Å². The van der Waals surface area contributed by atoms with Crippen LogP contribution in [0.3, 0.4) is 0 Å². The zero-order valence-corrected chi connectivity index (χ0v) is 20.1. The van der Waals surface area contributed by atoms with Crippen molar-refractivity contribution in [2.24, 2.45) is 11.8 Å². The highest BCUT2D eigenvalue weighted by molar-refractivity contribution is 5.88. The Morgan fingerprint density at radius 1 is 1.05 bits per heavy atom. The lowest BCUT2D eigenvalue weighted by atomic mass is 9.82. The normalized spacial score (nSPS) is 31.3. The van der Waals surface area contributed by atoms with E-state index in [-0.39, 0.29) is 30.1 Å². The maximum atomic E-state index is 12.1. The van der Waals surface area contributed by atoms with Crippen molar-refractivity contribution < 1.29 is 64.3 Å². The molecule has 2 heterocycles. The molecule has 208 valence electrons. The molecule has 0 unspecified atom stereocenters. The van der Waals surface area contributed by atoms with Gasteiger partial charge in [-0.2, -0.15) is 0 Å². The minimum Gasteiger partial charge on any atom is -0.504 e. The first-order valence-corrected chi connectivity index (χ1v) is 11.6. The van der Waals surface area contributed by atoms with E-state index in [0.29, 0.717) is 5.56 Å². The molecule has 1 fully saturated rings. The second-order valence-corrected chi connectivity index (χ2v) is 8.67. The van der Waals surface area contributed by atoms with Crippen LogP contribution in [0.2, 0.25) is 0 Å². The van der Waals surface area contributed by atoms with Crippen LogP contribution in [0.1, 0.15) is 12.0 Å². The van der Waals surface area contributed by atoms with Crippen LogP contribution in [0.25, 0.3) is 6.08 Å². The van der Waals surface area contributed by atoms with Crippen molar-refractivity contribution >= 4 is 18.0 Å². The maximum Gasteiger partial charge on any atom is 0.334 e. The van der Waals surface area contributed by atoms with Crippen LogP contribution in [-0.4, -0.2) is 97.9 Å². The summed E-state index contributed by atoms with van der Waals surface area (Å²) in [6.07, 6.45) is -4.16. The number of aliphatic hydroxyl groups is 4. The molecule has 0 saturated carbocycles. The maximum absolute atomic E-state index is 12.1. The van der Waals surface area contributed by atoms with Gasteiger partial charge in [-0.05, 0) is 30.2 Å². The number of carboxylic acids is 1. The Morgan fingerprint density at radius 2 is 1.79 bits per heavy atom. The molecule has 0 aliphatic carbocycles. The van der Waals surface area contributed by atoms with Gasteiger partial charge in [0.15, 0.2) is 17.8 Å². The van der Waals surface area contributed by atoms with Crippen molar-refractivity contribution in [1.29, 1.82) is 0 Å². The fourth-order valence-electron chi connectivity index (χ4n) is 4.13. The van der Waals surface area contributed by atoms with E-state index < -0.39 is 67.4 Å². The van der Waals surface area contributed by atoms with E-state index >= 15 is 0 Å². The number of aliphatic carboxylic acids is 1. The number of ether oxygens (including phenoxy) is 4. The van der Waals surface area contributed by atoms with Crippen LogP contribution in [0.15, 0.2) is 48.8 Å². The van der Waals surface area contributed by atoms with E-state index in [1.54, 1.807) is 0 Å². The highest BCUT2D eigenvalue weighted by Gasteiger charge is 2.47.